The third-order valence-electron chi connectivity index (χ3n) is 2.96. The van der Waals surface area contributed by atoms with E-state index in [1.165, 1.54) is 0 Å². The van der Waals surface area contributed by atoms with Gasteiger partial charge in [-0.3, -0.25) is 0 Å². The molecule has 2 aromatic heterocycles. The first-order chi connectivity index (χ1) is 9.85. The number of imidazole rings is 1. The number of nitrogens with zero attached hydrogens (tertiary/aromatic N) is 3. The molecular formula is C15H22N4O2. The van der Waals surface area contributed by atoms with Crippen LogP contribution in [-0.4, -0.2) is 32.3 Å². The van der Waals surface area contributed by atoms with E-state index in [2.05, 4.69) is 15.3 Å². The molecule has 21 heavy (non-hydrogen) atoms. The van der Waals surface area contributed by atoms with Crippen LogP contribution in [0, 0.1) is 0 Å². The van der Waals surface area contributed by atoms with Gasteiger partial charge in [-0.05, 0) is 46.2 Å². The van der Waals surface area contributed by atoms with Crippen molar-refractivity contribution in [1.29, 1.82) is 0 Å². The molecule has 0 aliphatic carbocycles. The molecule has 0 saturated carbocycles. The highest BCUT2D eigenvalue weighted by Crippen LogP contribution is 2.11. The second-order valence-electron chi connectivity index (χ2n) is 6.12. The Morgan fingerprint density at radius 3 is 2.90 bits per heavy atom. The lowest BCUT2D eigenvalue weighted by atomic mass is 10.2. The molecule has 0 aliphatic heterocycles. The van der Waals surface area contributed by atoms with Gasteiger partial charge >= 0.3 is 6.09 Å². The number of hydrogen-bond acceptors (Lipinski definition) is 4. The number of rotatable bonds is 4. The van der Waals surface area contributed by atoms with Crippen LogP contribution in [-0.2, 0) is 11.3 Å². The third kappa shape index (κ3) is 4.44. The van der Waals surface area contributed by atoms with E-state index in [-0.39, 0.29) is 12.1 Å². The average Bonchev–Trinajstić information content (AvgIpc) is 2.77. The summed E-state index contributed by atoms with van der Waals surface area (Å²) < 4.78 is 7.27. The lowest BCUT2D eigenvalue weighted by molar-refractivity contribution is 0.0505. The summed E-state index contributed by atoms with van der Waals surface area (Å²) in [5, 5.41) is 2.84. The predicted octanol–water partition coefficient (Wildman–Crippen LogP) is 2.73. The number of carbonyl (C=O) groups is 1. The Morgan fingerprint density at radius 2 is 2.19 bits per heavy atom. The van der Waals surface area contributed by atoms with E-state index in [1.807, 2.05) is 44.4 Å². The van der Waals surface area contributed by atoms with Crippen LogP contribution >= 0.6 is 0 Å². The Hall–Kier alpha value is -2.11. The minimum Gasteiger partial charge on any atom is -0.444 e. The van der Waals surface area contributed by atoms with Crippen molar-refractivity contribution in [2.24, 2.45) is 0 Å². The van der Waals surface area contributed by atoms with Crippen molar-refractivity contribution in [2.45, 2.75) is 52.3 Å². The van der Waals surface area contributed by atoms with Gasteiger partial charge in [-0.2, -0.15) is 0 Å². The minimum atomic E-state index is -0.476. The summed E-state index contributed by atoms with van der Waals surface area (Å²) >= 11 is 0. The van der Waals surface area contributed by atoms with Gasteiger partial charge in [-0.25, -0.2) is 14.8 Å². The standard InChI is InChI=1S/C15H22N4O2/c1-11(18-14(20)21-15(2,3)4)7-9-19-10-17-13-12(19)6-5-8-16-13/h5-6,8,10-11H,7,9H2,1-4H3,(H,18,20)/t11-/m1/s1. The Balaban J connectivity index is 1.87. The summed E-state index contributed by atoms with van der Waals surface area (Å²) in [6.45, 7) is 8.27. The predicted molar refractivity (Wildman–Crippen MR) is 81.0 cm³/mol. The lowest BCUT2D eigenvalue weighted by Gasteiger charge is -2.22. The maximum Gasteiger partial charge on any atom is 0.407 e. The molecule has 2 rings (SSSR count). The minimum absolute atomic E-state index is 0.0222. The molecule has 2 heterocycles. The van der Waals surface area contributed by atoms with E-state index < -0.39 is 5.60 Å². The fourth-order valence-corrected chi connectivity index (χ4v) is 1.99. The van der Waals surface area contributed by atoms with Crippen LogP contribution < -0.4 is 5.32 Å². The number of amides is 1. The number of carbonyl (C=O) groups excluding carboxylic acids is 1. The van der Waals surface area contributed by atoms with Gasteiger partial charge in [0.15, 0.2) is 5.65 Å². The molecule has 2 aromatic rings. The van der Waals surface area contributed by atoms with Gasteiger partial charge in [-0.15, -0.1) is 0 Å². The average molecular weight is 290 g/mol. The number of fused-ring (bicyclic) bond motifs is 1. The van der Waals surface area contributed by atoms with Gasteiger partial charge in [0.05, 0.1) is 11.8 Å². The molecule has 6 nitrogen and oxygen atoms in total. The van der Waals surface area contributed by atoms with E-state index in [0.29, 0.717) is 0 Å². The Morgan fingerprint density at radius 1 is 1.43 bits per heavy atom. The van der Waals surface area contributed by atoms with E-state index in [1.54, 1.807) is 12.5 Å². The maximum atomic E-state index is 11.7. The number of alkyl carbamates (subject to hydrolysis) is 1. The molecule has 0 aliphatic rings. The van der Waals surface area contributed by atoms with E-state index >= 15 is 0 Å². The molecule has 0 aromatic carbocycles. The molecule has 0 spiro atoms. The van der Waals surface area contributed by atoms with E-state index in [4.69, 9.17) is 4.74 Å². The summed E-state index contributed by atoms with van der Waals surface area (Å²) in [6, 6.07) is 3.90. The highest BCUT2D eigenvalue weighted by Gasteiger charge is 2.17. The second kappa shape index (κ2) is 6.11. The number of hydrogen-bond donors (Lipinski definition) is 1. The first-order valence-corrected chi connectivity index (χ1v) is 7.10. The number of aromatic nitrogens is 3. The van der Waals surface area contributed by atoms with Crippen molar-refractivity contribution in [1.82, 2.24) is 19.9 Å². The summed E-state index contributed by atoms with van der Waals surface area (Å²) in [5.41, 5.74) is 1.27. The first-order valence-electron chi connectivity index (χ1n) is 7.10. The smallest absolute Gasteiger partial charge is 0.407 e. The highest BCUT2D eigenvalue weighted by molar-refractivity contribution is 5.70. The Kier molecular flexibility index (Phi) is 4.45. The molecular weight excluding hydrogens is 268 g/mol. The van der Waals surface area contributed by atoms with Gasteiger partial charge in [-0.1, -0.05) is 0 Å². The van der Waals surface area contributed by atoms with E-state index in [0.717, 1.165) is 24.1 Å². The summed E-state index contributed by atoms with van der Waals surface area (Å²) in [7, 11) is 0. The molecule has 114 valence electrons. The monoisotopic (exact) mass is 290 g/mol. The molecule has 1 N–H and O–H groups in total. The van der Waals surface area contributed by atoms with E-state index in [9.17, 15) is 4.79 Å². The molecule has 1 atom stereocenters. The largest absolute Gasteiger partial charge is 0.444 e. The fourth-order valence-electron chi connectivity index (χ4n) is 1.99. The molecule has 0 unspecified atom stereocenters. The van der Waals surface area contributed by atoms with Crippen LogP contribution in [0.3, 0.4) is 0 Å². The lowest BCUT2D eigenvalue weighted by Crippen LogP contribution is -2.38. The van der Waals surface area contributed by atoms with Crippen molar-refractivity contribution in [3.63, 3.8) is 0 Å². The SMILES string of the molecule is C[C@H](CCn1cnc2ncccc21)NC(=O)OC(C)(C)C. The molecule has 6 heteroatoms. The van der Waals surface area contributed by atoms with Crippen LogP contribution in [0.4, 0.5) is 4.79 Å². The van der Waals surface area contributed by atoms with Crippen molar-refractivity contribution < 1.29 is 9.53 Å². The summed E-state index contributed by atoms with van der Waals surface area (Å²) in [4.78, 5) is 20.1. The zero-order valence-corrected chi connectivity index (χ0v) is 13.0. The van der Waals surface area contributed by atoms with Crippen LogP contribution in [0.1, 0.15) is 34.1 Å². The second-order valence-corrected chi connectivity index (χ2v) is 6.12. The Labute approximate surface area is 124 Å². The van der Waals surface area contributed by atoms with Gasteiger partial charge in [0.2, 0.25) is 0 Å². The maximum absolute atomic E-state index is 11.7. The third-order valence-corrected chi connectivity index (χ3v) is 2.96. The summed E-state index contributed by atoms with van der Waals surface area (Å²) in [5.74, 6) is 0. The van der Waals surface area contributed by atoms with Crippen LogP contribution in [0.15, 0.2) is 24.7 Å². The van der Waals surface area contributed by atoms with Crippen molar-refractivity contribution in [3.8, 4) is 0 Å². The summed E-state index contributed by atoms with van der Waals surface area (Å²) in [6.07, 6.45) is 3.91. The first kappa shape index (κ1) is 15.3. The van der Waals surface area contributed by atoms with Crippen LogP contribution in [0.5, 0.6) is 0 Å². The molecule has 0 fully saturated rings. The van der Waals surface area contributed by atoms with Gasteiger partial charge in [0, 0.05) is 18.8 Å². The highest BCUT2D eigenvalue weighted by atomic mass is 16.6. The van der Waals surface area contributed by atoms with Crippen molar-refractivity contribution in [2.75, 3.05) is 0 Å². The van der Waals surface area contributed by atoms with Gasteiger partial charge in [0.25, 0.3) is 0 Å². The van der Waals surface area contributed by atoms with Crippen molar-refractivity contribution in [3.05, 3.63) is 24.7 Å². The van der Waals surface area contributed by atoms with Gasteiger partial charge in [0.1, 0.15) is 5.60 Å². The van der Waals surface area contributed by atoms with Crippen LogP contribution in [0.25, 0.3) is 11.2 Å². The molecule has 0 radical (unpaired) electrons. The number of ether oxygens (including phenoxy) is 1. The zero-order chi connectivity index (χ0) is 15.5. The normalized spacial score (nSPS) is 13.1. The Bertz CT molecular complexity index is 615. The van der Waals surface area contributed by atoms with Gasteiger partial charge < -0.3 is 14.6 Å². The number of pyridine rings is 1. The van der Waals surface area contributed by atoms with Crippen molar-refractivity contribution >= 4 is 17.3 Å². The molecule has 1 amide bonds. The fraction of sp³-hybridized carbons (Fsp3) is 0.533. The van der Waals surface area contributed by atoms with Crippen LogP contribution in [0.2, 0.25) is 0 Å². The molecule has 0 bridgehead atoms. The molecule has 0 saturated heterocycles. The quantitative estimate of drug-likeness (QED) is 0.940. The zero-order valence-electron chi connectivity index (χ0n) is 13.0. The number of nitrogens with one attached hydrogen (secondary N) is 1. The topological polar surface area (TPSA) is 69.0 Å². The number of aryl methyl sites for hydroxylation is 1.